The standard InChI is InChI=1S/C12H11NO6S2/c14-20(15,16)8-10-6-7-13-11(12(10)21(17,18)19)9-4-2-1-3-5-9/h1-7H,8H2,(H,14,15,16)(H,17,18,19). The molecule has 0 unspecified atom stereocenters. The van der Waals surface area contributed by atoms with Gasteiger partial charge in [-0.2, -0.15) is 16.8 Å². The maximum absolute atomic E-state index is 11.6. The summed E-state index contributed by atoms with van der Waals surface area (Å²) >= 11 is 0. The quantitative estimate of drug-likeness (QED) is 0.813. The lowest BCUT2D eigenvalue weighted by atomic mass is 10.1. The summed E-state index contributed by atoms with van der Waals surface area (Å²) in [5, 5.41) is 0. The molecule has 0 saturated carbocycles. The van der Waals surface area contributed by atoms with Crippen LogP contribution in [0.3, 0.4) is 0 Å². The van der Waals surface area contributed by atoms with E-state index in [2.05, 4.69) is 4.98 Å². The lowest BCUT2D eigenvalue weighted by molar-refractivity contribution is 0.479. The molecule has 0 radical (unpaired) electrons. The number of pyridine rings is 1. The van der Waals surface area contributed by atoms with Crippen LogP contribution in [0.25, 0.3) is 11.3 Å². The van der Waals surface area contributed by atoms with Gasteiger partial charge in [-0.3, -0.25) is 14.1 Å². The number of aromatic nitrogens is 1. The molecule has 1 aromatic heterocycles. The number of rotatable bonds is 4. The Morgan fingerprint density at radius 2 is 1.57 bits per heavy atom. The van der Waals surface area contributed by atoms with Crippen molar-refractivity contribution >= 4 is 20.2 Å². The lowest BCUT2D eigenvalue weighted by Crippen LogP contribution is -2.11. The van der Waals surface area contributed by atoms with Crippen LogP contribution >= 0.6 is 0 Å². The van der Waals surface area contributed by atoms with E-state index < -0.39 is 30.9 Å². The van der Waals surface area contributed by atoms with Crippen LogP contribution in [0, 0.1) is 0 Å². The van der Waals surface area contributed by atoms with Crippen LogP contribution in [-0.4, -0.2) is 30.9 Å². The molecule has 112 valence electrons. The van der Waals surface area contributed by atoms with Gasteiger partial charge in [0.15, 0.2) is 0 Å². The first-order chi connectivity index (χ1) is 9.68. The minimum absolute atomic E-state index is 0.0840. The molecule has 1 heterocycles. The molecule has 0 atom stereocenters. The predicted molar refractivity (Wildman–Crippen MR) is 74.7 cm³/mol. The molecule has 0 aliphatic rings. The average molecular weight is 329 g/mol. The fraction of sp³-hybridized carbons (Fsp3) is 0.0833. The van der Waals surface area contributed by atoms with Gasteiger partial charge in [-0.1, -0.05) is 30.3 Å². The molecule has 21 heavy (non-hydrogen) atoms. The van der Waals surface area contributed by atoms with E-state index in [0.29, 0.717) is 5.56 Å². The number of nitrogens with zero attached hydrogens (tertiary/aromatic N) is 1. The van der Waals surface area contributed by atoms with Gasteiger partial charge in [-0.05, 0) is 11.6 Å². The molecule has 0 fully saturated rings. The van der Waals surface area contributed by atoms with Crippen molar-refractivity contribution in [2.24, 2.45) is 0 Å². The van der Waals surface area contributed by atoms with Crippen LogP contribution in [0.2, 0.25) is 0 Å². The third kappa shape index (κ3) is 3.85. The van der Waals surface area contributed by atoms with E-state index in [1.165, 1.54) is 6.20 Å². The lowest BCUT2D eigenvalue weighted by Gasteiger charge is -2.10. The van der Waals surface area contributed by atoms with Crippen molar-refractivity contribution < 1.29 is 25.9 Å². The van der Waals surface area contributed by atoms with Gasteiger partial charge in [-0.15, -0.1) is 0 Å². The molecule has 2 N–H and O–H groups in total. The van der Waals surface area contributed by atoms with Crippen molar-refractivity contribution in [3.63, 3.8) is 0 Å². The zero-order chi connectivity index (χ0) is 15.7. The third-order valence-electron chi connectivity index (χ3n) is 2.63. The Balaban J connectivity index is 2.76. The van der Waals surface area contributed by atoms with E-state index in [-0.39, 0.29) is 11.3 Å². The summed E-state index contributed by atoms with van der Waals surface area (Å²) in [4.78, 5) is 3.26. The van der Waals surface area contributed by atoms with Gasteiger partial charge >= 0.3 is 0 Å². The summed E-state index contributed by atoms with van der Waals surface area (Å²) in [6.45, 7) is 0. The predicted octanol–water partition coefficient (Wildman–Crippen LogP) is 1.38. The van der Waals surface area contributed by atoms with Crippen molar-refractivity contribution in [2.75, 3.05) is 0 Å². The zero-order valence-corrected chi connectivity index (χ0v) is 12.2. The second-order valence-corrected chi connectivity index (χ2v) is 7.03. The molecule has 0 amide bonds. The number of benzene rings is 1. The number of hydrogen-bond donors (Lipinski definition) is 2. The molecule has 0 aliphatic carbocycles. The van der Waals surface area contributed by atoms with E-state index in [4.69, 9.17) is 4.55 Å². The summed E-state index contributed by atoms with van der Waals surface area (Å²) in [5.41, 5.74) is 0.0513. The summed E-state index contributed by atoms with van der Waals surface area (Å²) in [6, 6.07) is 9.23. The van der Waals surface area contributed by atoms with Crippen LogP contribution in [0.5, 0.6) is 0 Å². The van der Waals surface area contributed by atoms with Gasteiger partial charge in [0.25, 0.3) is 20.2 Å². The average Bonchev–Trinajstić information content (AvgIpc) is 2.36. The van der Waals surface area contributed by atoms with Gasteiger partial charge in [-0.25, -0.2) is 0 Å². The van der Waals surface area contributed by atoms with Gasteiger partial charge in [0.05, 0.1) is 5.69 Å². The summed E-state index contributed by atoms with van der Waals surface area (Å²) < 4.78 is 63.4. The molecule has 0 spiro atoms. The van der Waals surface area contributed by atoms with Crippen molar-refractivity contribution in [2.45, 2.75) is 10.6 Å². The van der Waals surface area contributed by atoms with E-state index in [9.17, 15) is 21.4 Å². The molecule has 0 bridgehead atoms. The van der Waals surface area contributed by atoms with E-state index in [1.807, 2.05) is 0 Å². The second-order valence-electron chi connectivity index (χ2n) is 4.22. The Kier molecular flexibility index (Phi) is 4.10. The van der Waals surface area contributed by atoms with Gasteiger partial charge in [0, 0.05) is 11.8 Å². The fourth-order valence-corrected chi connectivity index (χ4v) is 3.50. The Bertz CT molecular complexity index is 860. The smallest absolute Gasteiger partial charge is 0.285 e. The largest absolute Gasteiger partial charge is 0.297 e. The van der Waals surface area contributed by atoms with Crippen molar-refractivity contribution in [3.8, 4) is 11.3 Å². The molecule has 2 rings (SSSR count). The molecule has 7 nitrogen and oxygen atoms in total. The van der Waals surface area contributed by atoms with Crippen molar-refractivity contribution in [3.05, 3.63) is 48.2 Å². The summed E-state index contributed by atoms with van der Waals surface area (Å²) in [5.74, 6) is -0.940. The summed E-state index contributed by atoms with van der Waals surface area (Å²) in [6.07, 6.45) is 1.21. The molecular weight excluding hydrogens is 318 g/mol. The minimum atomic E-state index is -4.72. The highest BCUT2D eigenvalue weighted by atomic mass is 32.2. The topological polar surface area (TPSA) is 122 Å². The normalized spacial score (nSPS) is 12.3. The third-order valence-corrected chi connectivity index (χ3v) is 4.28. The highest BCUT2D eigenvalue weighted by Crippen LogP contribution is 2.28. The highest BCUT2D eigenvalue weighted by Gasteiger charge is 2.24. The van der Waals surface area contributed by atoms with Crippen LogP contribution in [0.1, 0.15) is 5.56 Å². The van der Waals surface area contributed by atoms with Crippen LogP contribution in [-0.2, 0) is 26.0 Å². The second kappa shape index (κ2) is 5.53. The van der Waals surface area contributed by atoms with Gasteiger partial charge in [0.2, 0.25) is 0 Å². The molecule has 1 aromatic carbocycles. The SMILES string of the molecule is O=S(=O)(O)Cc1ccnc(-c2ccccc2)c1S(=O)(=O)O. The fourth-order valence-electron chi connectivity index (χ4n) is 1.89. The van der Waals surface area contributed by atoms with Crippen LogP contribution < -0.4 is 0 Å². The minimum Gasteiger partial charge on any atom is -0.285 e. The number of hydrogen-bond acceptors (Lipinski definition) is 5. The molecule has 2 aromatic rings. The van der Waals surface area contributed by atoms with Crippen LogP contribution in [0.15, 0.2) is 47.5 Å². The molecule has 9 heteroatoms. The van der Waals surface area contributed by atoms with E-state index in [0.717, 1.165) is 6.07 Å². The Hall–Kier alpha value is -1.81. The maximum atomic E-state index is 11.6. The monoisotopic (exact) mass is 329 g/mol. The zero-order valence-electron chi connectivity index (χ0n) is 10.5. The van der Waals surface area contributed by atoms with Crippen LogP contribution in [0.4, 0.5) is 0 Å². The van der Waals surface area contributed by atoms with Gasteiger partial charge < -0.3 is 0 Å². The Morgan fingerprint density at radius 1 is 0.952 bits per heavy atom. The van der Waals surface area contributed by atoms with Crippen molar-refractivity contribution in [1.82, 2.24) is 4.98 Å². The molecule has 0 aliphatic heterocycles. The Labute approximate surface area is 121 Å². The van der Waals surface area contributed by atoms with E-state index in [1.54, 1.807) is 30.3 Å². The van der Waals surface area contributed by atoms with E-state index >= 15 is 0 Å². The first kappa shape index (κ1) is 15.6. The Morgan fingerprint density at radius 3 is 2.10 bits per heavy atom. The first-order valence-electron chi connectivity index (χ1n) is 5.64. The summed E-state index contributed by atoms with van der Waals surface area (Å²) in [7, 11) is -9.18. The van der Waals surface area contributed by atoms with Crippen molar-refractivity contribution in [1.29, 1.82) is 0 Å². The highest BCUT2D eigenvalue weighted by molar-refractivity contribution is 7.86. The molecular formula is C12H11NO6S2. The molecule has 0 saturated heterocycles. The first-order valence-corrected chi connectivity index (χ1v) is 8.69. The van der Waals surface area contributed by atoms with Gasteiger partial charge in [0.1, 0.15) is 10.6 Å². The maximum Gasteiger partial charge on any atom is 0.297 e.